The monoisotopic (exact) mass is 221 g/mol. The summed E-state index contributed by atoms with van der Waals surface area (Å²) in [5.41, 5.74) is 8.70. The molecule has 78 valence electrons. The molecule has 0 aliphatic heterocycles. The van der Waals surface area contributed by atoms with Gasteiger partial charge in [0.25, 0.3) is 0 Å². The molecular weight excluding hydrogens is 210 g/mol. The van der Waals surface area contributed by atoms with E-state index in [0.29, 0.717) is 6.54 Å². The van der Waals surface area contributed by atoms with Crippen molar-refractivity contribution in [2.45, 2.75) is 6.42 Å². The Kier molecular flexibility index (Phi) is 3.04. The highest BCUT2D eigenvalue weighted by molar-refractivity contribution is 6.30. The van der Waals surface area contributed by atoms with E-state index in [1.807, 2.05) is 30.5 Å². The highest BCUT2D eigenvalue weighted by Crippen LogP contribution is 2.23. The van der Waals surface area contributed by atoms with Gasteiger partial charge >= 0.3 is 0 Å². The molecule has 15 heavy (non-hydrogen) atoms. The van der Waals surface area contributed by atoms with Gasteiger partial charge in [-0.25, -0.2) is 0 Å². The van der Waals surface area contributed by atoms with Gasteiger partial charge in [-0.2, -0.15) is 5.10 Å². The minimum atomic E-state index is 0.618. The number of H-pyrrole nitrogens is 1. The van der Waals surface area contributed by atoms with Crippen molar-refractivity contribution < 1.29 is 0 Å². The van der Waals surface area contributed by atoms with Gasteiger partial charge in [0.2, 0.25) is 0 Å². The molecule has 1 aromatic heterocycles. The Morgan fingerprint density at radius 1 is 1.40 bits per heavy atom. The first-order chi connectivity index (χ1) is 7.31. The molecule has 0 spiro atoms. The third-order valence-corrected chi connectivity index (χ3v) is 2.48. The van der Waals surface area contributed by atoms with E-state index in [-0.39, 0.29) is 0 Å². The van der Waals surface area contributed by atoms with Crippen molar-refractivity contribution in [3.8, 4) is 11.3 Å². The van der Waals surface area contributed by atoms with Crippen molar-refractivity contribution in [1.29, 1.82) is 0 Å². The summed E-state index contributed by atoms with van der Waals surface area (Å²) in [6.45, 7) is 0.618. The second kappa shape index (κ2) is 4.47. The maximum atomic E-state index is 5.93. The van der Waals surface area contributed by atoms with Crippen molar-refractivity contribution in [3.05, 3.63) is 41.0 Å². The van der Waals surface area contributed by atoms with Crippen LogP contribution in [0.2, 0.25) is 5.02 Å². The fraction of sp³-hybridized carbons (Fsp3) is 0.182. The zero-order valence-corrected chi connectivity index (χ0v) is 8.96. The third-order valence-electron chi connectivity index (χ3n) is 2.24. The zero-order valence-electron chi connectivity index (χ0n) is 8.20. The molecule has 0 aliphatic carbocycles. The van der Waals surface area contributed by atoms with Crippen LogP contribution >= 0.6 is 11.6 Å². The maximum Gasteiger partial charge on any atom is 0.0683 e. The lowest BCUT2D eigenvalue weighted by molar-refractivity contribution is 0.972. The molecule has 0 saturated carbocycles. The average molecular weight is 222 g/mol. The molecule has 0 aliphatic rings. The number of hydrogen-bond donors (Lipinski definition) is 2. The van der Waals surface area contributed by atoms with Crippen LogP contribution < -0.4 is 5.73 Å². The lowest BCUT2D eigenvalue weighted by Crippen LogP contribution is -2.02. The van der Waals surface area contributed by atoms with E-state index in [9.17, 15) is 0 Å². The fourth-order valence-electron chi connectivity index (χ4n) is 1.55. The van der Waals surface area contributed by atoms with E-state index in [2.05, 4.69) is 10.2 Å². The van der Waals surface area contributed by atoms with Crippen molar-refractivity contribution in [1.82, 2.24) is 10.2 Å². The predicted octanol–water partition coefficient (Wildman–Crippen LogP) is 2.23. The van der Waals surface area contributed by atoms with Crippen molar-refractivity contribution in [2.24, 2.45) is 5.73 Å². The first-order valence-corrected chi connectivity index (χ1v) is 5.17. The minimum absolute atomic E-state index is 0.618. The Morgan fingerprint density at radius 3 is 3.00 bits per heavy atom. The smallest absolute Gasteiger partial charge is 0.0683 e. The largest absolute Gasteiger partial charge is 0.330 e. The van der Waals surface area contributed by atoms with E-state index in [4.69, 9.17) is 17.3 Å². The lowest BCUT2D eigenvalue weighted by Gasteiger charge is -2.02. The number of aromatic nitrogens is 2. The molecule has 0 amide bonds. The summed E-state index contributed by atoms with van der Waals surface area (Å²) >= 11 is 5.93. The Bertz CT molecular complexity index is 451. The molecule has 0 radical (unpaired) electrons. The van der Waals surface area contributed by atoms with E-state index < -0.39 is 0 Å². The SMILES string of the molecule is NCCc1cn[nH]c1-c1cccc(Cl)c1. The topological polar surface area (TPSA) is 54.7 Å². The average Bonchev–Trinajstić information content (AvgIpc) is 2.66. The number of hydrogen-bond acceptors (Lipinski definition) is 2. The van der Waals surface area contributed by atoms with Crippen molar-refractivity contribution in [2.75, 3.05) is 6.54 Å². The number of benzene rings is 1. The Morgan fingerprint density at radius 2 is 2.27 bits per heavy atom. The van der Waals surface area contributed by atoms with Gasteiger partial charge in [0.05, 0.1) is 11.9 Å². The van der Waals surface area contributed by atoms with Gasteiger partial charge < -0.3 is 5.73 Å². The van der Waals surface area contributed by atoms with E-state index in [1.54, 1.807) is 0 Å². The molecule has 4 heteroatoms. The number of nitrogens with zero attached hydrogens (tertiary/aromatic N) is 1. The Balaban J connectivity index is 2.40. The molecule has 0 fully saturated rings. The molecule has 0 atom stereocenters. The number of aromatic amines is 1. The molecule has 0 unspecified atom stereocenters. The predicted molar refractivity (Wildman–Crippen MR) is 61.8 cm³/mol. The van der Waals surface area contributed by atoms with Crippen molar-refractivity contribution in [3.63, 3.8) is 0 Å². The van der Waals surface area contributed by atoms with Gasteiger partial charge in [0.1, 0.15) is 0 Å². The van der Waals surface area contributed by atoms with Gasteiger partial charge in [0.15, 0.2) is 0 Å². The Hall–Kier alpha value is -1.32. The number of nitrogens with two attached hydrogens (primary N) is 1. The standard InChI is InChI=1S/C11H12ClN3/c12-10-3-1-2-8(6-10)11-9(4-5-13)7-14-15-11/h1-3,6-7H,4-5,13H2,(H,14,15). The first-order valence-electron chi connectivity index (χ1n) is 4.79. The molecular formula is C11H12ClN3. The van der Waals surface area contributed by atoms with Crippen LogP contribution in [0.25, 0.3) is 11.3 Å². The molecule has 2 aromatic rings. The van der Waals surface area contributed by atoms with Gasteiger partial charge in [-0.05, 0) is 30.7 Å². The molecule has 1 aromatic carbocycles. The van der Waals surface area contributed by atoms with Crippen LogP contribution in [0.3, 0.4) is 0 Å². The molecule has 0 saturated heterocycles. The molecule has 2 rings (SSSR count). The second-order valence-electron chi connectivity index (χ2n) is 3.32. The molecule has 3 nitrogen and oxygen atoms in total. The highest BCUT2D eigenvalue weighted by Gasteiger charge is 2.06. The van der Waals surface area contributed by atoms with Crippen molar-refractivity contribution >= 4 is 11.6 Å². The van der Waals surface area contributed by atoms with Gasteiger partial charge in [0, 0.05) is 10.6 Å². The van der Waals surface area contributed by atoms with Gasteiger partial charge in [-0.15, -0.1) is 0 Å². The summed E-state index contributed by atoms with van der Waals surface area (Å²) in [5.74, 6) is 0. The first kappa shape index (κ1) is 10.2. The highest BCUT2D eigenvalue weighted by atomic mass is 35.5. The summed E-state index contributed by atoms with van der Waals surface area (Å²) in [6, 6.07) is 7.68. The second-order valence-corrected chi connectivity index (χ2v) is 3.76. The fourth-order valence-corrected chi connectivity index (χ4v) is 1.74. The summed E-state index contributed by atoms with van der Waals surface area (Å²) in [7, 11) is 0. The van der Waals surface area contributed by atoms with Crippen LogP contribution in [-0.2, 0) is 6.42 Å². The normalized spacial score (nSPS) is 10.5. The summed E-state index contributed by atoms with van der Waals surface area (Å²) in [6.07, 6.45) is 2.63. The molecule has 1 heterocycles. The minimum Gasteiger partial charge on any atom is -0.330 e. The third kappa shape index (κ3) is 2.19. The lowest BCUT2D eigenvalue weighted by atomic mass is 10.1. The molecule has 0 bridgehead atoms. The van der Waals surface area contributed by atoms with Gasteiger partial charge in [-0.3, -0.25) is 5.10 Å². The zero-order chi connectivity index (χ0) is 10.7. The number of rotatable bonds is 3. The van der Waals surface area contributed by atoms with Crippen LogP contribution in [0, 0.1) is 0 Å². The van der Waals surface area contributed by atoms with Crippen LogP contribution in [0.1, 0.15) is 5.56 Å². The Labute approximate surface area is 93.3 Å². The number of nitrogens with one attached hydrogen (secondary N) is 1. The van der Waals surface area contributed by atoms with Gasteiger partial charge in [-0.1, -0.05) is 23.7 Å². The quantitative estimate of drug-likeness (QED) is 0.835. The maximum absolute atomic E-state index is 5.93. The van der Waals surface area contributed by atoms with Crippen LogP contribution in [0.15, 0.2) is 30.5 Å². The summed E-state index contributed by atoms with van der Waals surface area (Å²) < 4.78 is 0. The van der Waals surface area contributed by atoms with E-state index in [0.717, 1.165) is 28.3 Å². The number of halogens is 1. The van der Waals surface area contributed by atoms with Crippen LogP contribution in [0.4, 0.5) is 0 Å². The summed E-state index contributed by atoms with van der Waals surface area (Å²) in [4.78, 5) is 0. The molecule has 3 N–H and O–H groups in total. The van der Waals surface area contributed by atoms with Crippen LogP contribution in [0.5, 0.6) is 0 Å². The van der Waals surface area contributed by atoms with E-state index in [1.165, 1.54) is 0 Å². The summed E-state index contributed by atoms with van der Waals surface area (Å²) in [5, 5.41) is 7.72. The van der Waals surface area contributed by atoms with E-state index >= 15 is 0 Å². The van der Waals surface area contributed by atoms with Crippen LogP contribution in [-0.4, -0.2) is 16.7 Å².